The second-order valence-corrected chi connectivity index (χ2v) is 6.75. The average Bonchev–Trinajstić information content (AvgIpc) is 2.75. The van der Waals surface area contributed by atoms with Crippen molar-refractivity contribution in [1.29, 1.82) is 0 Å². The Kier molecular flexibility index (Phi) is 7.14. The monoisotopic (exact) mass is 405 g/mol. The summed E-state index contributed by atoms with van der Waals surface area (Å²) in [6, 6.07) is 26.0. The summed E-state index contributed by atoms with van der Waals surface area (Å²) < 4.78 is 0. The maximum atomic E-state index is 12.8. The first-order chi connectivity index (χ1) is 14.1. The number of hydrazone groups is 1. The summed E-state index contributed by atoms with van der Waals surface area (Å²) in [6.45, 7) is -0.174. The van der Waals surface area contributed by atoms with E-state index in [2.05, 4.69) is 15.8 Å². The molecule has 0 bridgehead atoms. The first-order valence-electron chi connectivity index (χ1n) is 9.08. The quantitative estimate of drug-likeness (QED) is 0.464. The van der Waals surface area contributed by atoms with E-state index in [0.717, 1.165) is 16.7 Å². The smallest absolute Gasteiger partial charge is 0.259 e. The third-order valence-electron chi connectivity index (χ3n) is 4.22. The summed E-state index contributed by atoms with van der Waals surface area (Å²) in [5.41, 5.74) is 4.92. The molecule has 146 valence electrons. The first-order valence-corrected chi connectivity index (χ1v) is 9.46. The van der Waals surface area contributed by atoms with Crippen LogP contribution in [0.4, 0.5) is 0 Å². The van der Waals surface area contributed by atoms with Crippen molar-refractivity contribution in [1.82, 2.24) is 10.7 Å². The largest absolute Gasteiger partial charge is 0.346 e. The highest BCUT2D eigenvalue weighted by atomic mass is 35.5. The van der Waals surface area contributed by atoms with E-state index in [1.807, 2.05) is 60.7 Å². The number of amides is 2. The van der Waals surface area contributed by atoms with Gasteiger partial charge in [0.15, 0.2) is 0 Å². The van der Waals surface area contributed by atoms with Gasteiger partial charge in [-0.3, -0.25) is 9.59 Å². The Labute approximate surface area is 174 Å². The van der Waals surface area contributed by atoms with Crippen LogP contribution >= 0.6 is 11.6 Å². The summed E-state index contributed by atoms with van der Waals surface area (Å²) in [5, 5.41) is 7.21. The summed E-state index contributed by atoms with van der Waals surface area (Å²) in [7, 11) is 0. The number of carbonyl (C=O) groups excluding carboxylic acids is 2. The lowest BCUT2D eigenvalue weighted by atomic mass is 9.90. The van der Waals surface area contributed by atoms with Crippen LogP contribution in [0.15, 0.2) is 90.0 Å². The number of hydrogen-bond acceptors (Lipinski definition) is 3. The Hall–Kier alpha value is -3.44. The third kappa shape index (κ3) is 6.02. The van der Waals surface area contributed by atoms with Gasteiger partial charge in [0.05, 0.1) is 18.7 Å². The molecule has 6 heteroatoms. The minimum Gasteiger partial charge on any atom is -0.346 e. The van der Waals surface area contributed by atoms with Crippen LogP contribution in [-0.2, 0) is 9.59 Å². The second kappa shape index (κ2) is 10.2. The average molecular weight is 406 g/mol. The zero-order valence-electron chi connectivity index (χ0n) is 15.6. The number of nitrogens with one attached hydrogen (secondary N) is 2. The highest BCUT2D eigenvalue weighted by molar-refractivity contribution is 6.30. The molecule has 0 saturated carbocycles. The zero-order valence-corrected chi connectivity index (χ0v) is 16.3. The Balaban J connectivity index is 1.60. The maximum Gasteiger partial charge on any atom is 0.259 e. The van der Waals surface area contributed by atoms with Crippen molar-refractivity contribution in [2.24, 2.45) is 5.10 Å². The molecule has 0 atom stereocenters. The van der Waals surface area contributed by atoms with Gasteiger partial charge in [-0.25, -0.2) is 5.43 Å². The van der Waals surface area contributed by atoms with Crippen LogP contribution in [-0.4, -0.2) is 24.6 Å². The Morgan fingerprint density at radius 1 is 0.862 bits per heavy atom. The molecule has 5 nitrogen and oxygen atoms in total. The Bertz CT molecular complexity index is 935. The van der Waals surface area contributed by atoms with E-state index in [1.165, 1.54) is 6.21 Å². The highest BCUT2D eigenvalue weighted by Gasteiger charge is 2.22. The van der Waals surface area contributed by atoms with E-state index in [0.29, 0.717) is 5.02 Å². The van der Waals surface area contributed by atoms with Gasteiger partial charge in [-0.05, 0) is 28.8 Å². The number of carbonyl (C=O) groups is 2. The zero-order chi connectivity index (χ0) is 20.5. The van der Waals surface area contributed by atoms with Gasteiger partial charge < -0.3 is 5.32 Å². The Morgan fingerprint density at radius 3 is 1.97 bits per heavy atom. The molecule has 0 aromatic heterocycles. The van der Waals surface area contributed by atoms with Crippen LogP contribution in [0.2, 0.25) is 5.02 Å². The van der Waals surface area contributed by atoms with Gasteiger partial charge in [0.1, 0.15) is 0 Å². The van der Waals surface area contributed by atoms with E-state index < -0.39 is 11.8 Å². The summed E-state index contributed by atoms with van der Waals surface area (Å²) in [4.78, 5) is 24.9. The molecular formula is C23H20ClN3O2. The lowest BCUT2D eigenvalue weighted by molar-refractivity contribution is -0.126. The molecule has 3 aromatic rings. The minimum absolute atomic E-state index is 0.174. The third-order valence-corrected chi connectivity index (χ3v) is 4.48. The molecule has 29 heavy (non-hydrogen) atoms. The van der Waals surface area contributed by atoms with Gasteiger partial charge >= 0.3 is 0 Å². The molecule has 0 fully saturated rings. The van der Waals surface area contributed by atoms with Crippen molar-refractivity contribution in [3.8, 4) is 0 Å². The van der Waals surface area contributed by atoms with Gasteiger partial charge in [-0.2, -0.15) is 5.10 Å². The predicted molar refractivity (Wildman–Crippen MR) is 115 cm³/mol. The van der Waals surface area contributed by atoms with E-state index in [9.17, 15) is 9.59 Å². The highest BCUT2D eigenvalue weighted by Crippen LogP contribution is 2.24. The van der Waals surface area contributed by atoms with Crippen LogP contribution in [0, 0.1) is 0 Å². The summed E-state index contributed by atoms with van der Waals surface area (Å²) in [5.74, 6) is -1.16. The van der Waals surface area contributed by atoms with Crippen molar-refractivity contribution in [2.75, 3.05) is 6.54 Å². The first kappa shape index (κ1) is 20.3. The fraction of sp³-hybridized carbons (Fsp3) is 0.0870. The van der Waals surface area contributed by atoms with Gasteiger partial charge in [0, 0.05) is 5.02 Å². The standard InChI is InChI=1S/C23H20ClN3O2/c24-20-13-11-17(12-14-20)15-26-27-21(28)16-25-23(29)22(18-7-3-1-4-8-18)19-9-5-2-6-10-19/h1-15,22H,16H2,(H,25,29)(H,27,28)/b26-15-. The van der Waals surface area contributed by atoms with E-state index in [1.54, 1.807) is 24.3 Å². The van der Waals surface area contributed by atoms with Crippen molar-refractivity contribution < 1.29 is 9.59 Å². The van der Waals surface area contributed by atoms with E-state index in [-0.39, 0.29) is 12.5 Å². The molecule has 0 heterocycles. The number of rotatable bonds is 7. The van der Waals surface area contributed by atoms with Crippen molar-refractivity contribution >= 4 is 29.6 Å². The number of hydrogen-bond donors (Lipinski definition) is 2. The molecular weight excluding hydrogens is 386 g/mol. The topological polar surface area (TPSA) is 70.6 Å². The molecule has 0 aliphatic heterocycles. The number of halogens is 1. The van der Waals surface area contributed by atoms with Crippen LogP contribution in [0.5, 0.6) is 0 Å². The predicted octanol–water partition coefficient (Wildman–Crippen LogP) is 3.74. The molecule has 0 radical (unpaired) electrons. The second-order valence-electron chi connectivity index (χ2n) is 6.32. The van der Waals surface area contributed by atoms with Gasteiger partial charge in [0.2, 0.25) is 5.91 Å². The summed E-state index contributed by atoms with van der Waals surface area (Å²) >= 11 is 5.83. The van der Waals surface area contributed by atoms with Crippen LogP contribution in [0.3, 0.4) is 0 Å². The van der Waals surface area contributed by atoms with Crippen molar-refractivity contribution in [3.63, 3.8) is 0 Å². The molecule has 2 amide bonds. The molecule has 3 aromatic carbocycles. The van der Waals surface area contributed by atoms with Crippen LogP contribution in [0.25, 0.3) is 0 Å². The van der Waals surface area contributed by atoms with Gasteiger partial charge in [-0.1, -0.05) is 84.4 Å². The molecule has 0 aliphatic carbocycles. The molecule has 3 rings (SSSR count). The van der Waals surface area contributed by atoms with Crippen molar-refractivity contribution in [3.05, 3.63) is 107 Å². The fourth-order valence-electron chi connectivity index (χ4n) is 2.82. The number of benzene rings is 3. The molecule has 0 aliphatic rings. The normalized spacial score (nSPS) is 10.8. The van der Waals surface area contributed by atoms with Gasteiger partial charge in [-0.15, -0.1) is 0 Å². The maximum absolute atomic E-state index is 12.8. The SMILES string of the molecule is O=C(CNC(=O)C(c1ccccc1)c1ccccc1)N/N=C\c1ccc(Cl)cc1. The lowest BCUT2D eigenvalue weighted by Crippen LogP contribution is -2.37. The minimum atomic E-state index is -0.497. The van der Waals surface area contributed by atoms with E-state index in [4.69, 9.17) is 11.6 Å². The van der Waals surface area contributed by atoms with Crippen LogP contribution < -0.4 is 10.7 Å². The molecule has 0 spiro atoms. The van der Waals surface area contributed by atoms with Crippen molar-refractivity contribution in [2.45, 2.75) is 5.92 Å². The summed E-state index contributed by atoms with van der Waals surface area (Å²) in [6.07, 6.45) is 1.51. The molecule has 0 unspecified atom stereocenters. The lowest BCUT2D eigenvalue weighted by Gasteiger charge is -2.17. The fourth-order valence-corrected chi connectivity index (χ4v) is 2.95. The Morgan fingerprint density at radius 2 is 1.41 bits per heavy atom. The number of nitrogens with zero attached hydrogens (tertiary/aromatic N) is 1. The van der Waals surface area contributed by atoms with E-state index >= 15 is 0 Å². The van der Waals surface area contributed by atoms with Gasteiger partial charge in [0.25, 0.3) is 5.91 Å². The molecule has 2 N–H and O–H groups in total. The van der Waals surface area contributed by atoms with Crippen LogP contribution in [0.1, 0.15) is 22.6 Å². The molecule has 0 saturated heterocycles.